The Bertz CT molecular complexity index is 516. The van der Waals surface area contributed by atoms with E-state index >= 15 is 0 Å². The van der Waals surface area contributed by atoms with Crippen LogP contribution in [0.4, 0.5) is 0 Å². The van der Waals surface area contributed by atoms with E-state index in [1.165, 1.54) is 7.11 Å². The van der Waals surface area contributed by atoms with Gasteiger partial charge in [0, 0.05) is 20.2 Å². The molecule has 0 fully saturated rings. The molecule has 0 bridgehead atoms. The van der Waals surface area contributed by atoms with Crippen molar-refractivity contribution in [1.29, 1.82) is 0 Å². The Balaban J connectivity index is 2.58. The van der Waals surface area contributed by atoms with Crippen LogP contribution >= 0.6 is 11.6 Å². The van der Waals surface area contributed by atoms with Crippen LogP contribution in [0.2, 0.25) is 5.15 Å². The van der Waals surface area contributed by atoms with Crippen LogP contribution in [0.15, 0.2) is 0 Å². The van der Waals surface area contributed by atoms with Gasteiger partial charge in [-0.2, -0.15) is 5.10 Å². The molecule has 7 nitrogen and oxygen atoms in total. The molecular formula is C14H22ClN3O4. The summed E-state index contributed by atoms with van der Waals surface area (Å²) in [5.41, 5.74) is 0.702. The van der Waals surface area contributed by atoms with E-state index in [9.17, 15) is 9.59 Å². The SMILES string of the molecule is CCCCn1nc(C)c(C(=O)OCC(=O)NCCOC)c1Cl. The topological polar surface area (TPSA) is 82.5 Å². The van der Waals surface area contributed by atoms with Crippen molar-refractivity contribution in [3.63, 3.8) is 0 Å². The van der Waals surface area contributed by atoms with E-state index in [1.54, 1.807) is 11.6 Å². The molecular weight excluding hydrogens is 310 g/mol. The Kier molecular flexibility index (Phi) is 7.90. The summed E-state index contributed by atoms with van der Waals surface area (Å²) < 4.78 is 11.4. The van der Waals surface area contributed by atoms with Crippen LogP contribution in [-0.2, 0) is 20.8 Å². The summed E-state index contributed by atoms with van der Waals surface area (Å²) >= 11 is 6.16. The van der Waals surface area contributed by atoms with Crippen molar-refractivity contribution in [2.24, 2.45) is 0 Å². The lowest BCUT2D eigenvalue weighted by molar-refractivity contribution is -0.124. The number of halogens is 1. The fourth-order valence-electron chi connectivity index (χ4n) is 1.79. The molecule has 1 heterocycles. The zero-order valence-corrected chi connectivity index (χ0v) is 13.9. The number of rotatable bonds is 9. The second-order valence-corrected chi connectivity index (χ2v) is 5.10. The van der Waals surface area contributed by atoms with Gasteiger partial charge in [0.1, 0.15) is 10.7 Å². The molecule has 1 aromatic heterocycles. The second kappa shape index (κ2) is 9.42. The lowest BCUT2D eigenvalue weighted by Gasteiger charge is -2.06. The molecule has 0 aliphatic rings. The maximum absolute atomic E-state index is 12.0. The number of nitrogens with zero attached hydrogens (tertiary/aromatic N) is 2. The Hall–Kier alpha value is -1.60. The molecule has 124 valence electrons. The average Bonchev–Trinajstić information content (AvgIpc) is 2.77. The van der Waals surface area contributed by atoms with E-state index < -0.39 is 11.9 Å². The Morgan fingerprint density at radius 3 is 2.77 bits per heavy atom. The zero-order valence-electron chi connectivity index (χ0n) is 13.1. The van der Waals surface area contributed by atoms with Gasteiger partial charge in [0.25, 0.3) is 5.91 Å². The van der Waals surface area contributed by atoms with Gasteiger partial charge in [0.15, 0.2) is 6.61 Å². The predicted octanol–water partition coefficient (Wildman–Crippen LogP) is 1.56. The van der Waals surface area contributed by atoms with E-state index in [4.69, 9.17) is 21.1 Å². The highest BCUT2D eigenvalue weighted by atomic mass is 35.5. The maximum Gasteiger partial charge on any atom is 0.343 e. The third-order valence-electron chi connectivity index (χ3n) is 2.96. The predicted molar refractivity (Wildman–Crippen MR) is 82.1 cm³/mol. The van der Waals surface area contributed by atoms with Gasteiger partial charge in [-0.05, 0) is 13.3 Å². The summed E-state index contributed by atoms with van der Waals surface area (Å²) in [6, 6.07) is 0. The highest BCUT2D eigenvalue weighted by molar-refractivity contribution is 6.32. The normalized spacial score (nSPS) is 10.5. The smallest absolute Gasteiger partial charge is 0.343 e. The number of aryl methyl sites for hydroxylation is 2. The maximum atomic E-state index is 12.0. The molecule has 0 aromatic carbocycles. The molecule has 1 N–H and O–H groups in total. The Morgan fingerprint density at radius 2 is 2.14 bits per heavy atom. The summed E-state index contributed by atoms with van der Waals surface area (Å²) in [7, 11) is 1.53. The van der Waals surface area contributed by atoms with Crippen molar-refractivity contribution in [2.45, 2.75) is 33.2 Å². The minimum absolute atomic E-state index is 0.211. The lowest BCUT2D eigenvalue weighted by Crippen LogP contribution is -2.31. The number of unbranched alkanes of at least 4 members (excludes halogenated alkanes) is 1. The van der Waals surface area contributed by atoms with Crippen molar-refractivity contribution < 1.29 is 19.1 Å². The van der Waals surface area contributed by atoms with Crippen LogP contribution in [0.25, 0.3) is 0 Å². The number of ether oxygens (including phenoxy) is 2. The van der Waals surface area contributed by atoms with Gasteiger partial charge in [-0.1, -0.05) is 24.9 Å². The van der Waals surface area contributed by atoms with Gasteiger partial charge in [0.05, 0.1) is 12.3 Å². The van der Waals surface area contributed by atoms with E-state index in [2.05, 4.69) is 17.3 Å². The summed E-state index contributed by atoms with van der Waals surface area (Å²) in [6.07, 6.45) is 1.91. The van der Waals surface area contributed by atoms with Crippen LogP contribution in [0.3, 0.4) is 0 Å². The zero-order chi connectivity index (χ0) is 16.5. The molecule has 22 heavy (non-hydrogen) atoms. The molecule has 0 saturated heterocycles. The van der Waals surface area contributed by atoms with E-state index in [0.717, 1.165) is 12.8 Å². The average molecular weight is 332 g/mol. The van der Waals surface area contributed by atoms with E-state index in [1.807, 2.05) is 0 Å². The highest BCUT2D eigenvalue weighted by Gasteiger charge is 2.22. The third kappa shape index (κ3) is 5.31. The Morgan fingerprint density at radius 1 is 1.41 bits per heavy atom. The van der Waals surface area contributed by atoms with Crippen molar-refractivity contribution in [3.05, 3.63) is 16.4 Å². The number of esters is 1. The number of hydrogen-bond donors (Lipinski definition) is 1. The number of hydrogen-bond acceptors (Lipinski definition) is 5. The largest absolute Gasteiger partial charge is 0.452 e. The molecule has 0 aliphatic carbocycles. The summed E-state index contributed by atoms with van der Waals surface area (Å²) in [5.74, 6) is -1.04. The molecule has 8 heteroatoms. The minimum atomic E-state index is -0.646. The number of amides is 1. The molecule has 1 rings (SSSR count). The van der Waals surface area contributed by atoms with Gasteiger partial charge in [-0.15, -0.1) is 0 Å². The summed E-state index contributed by atoms with van der Waals surface area (Å²) in [4.78, 5) is 23.5. The van der Waals surface area contributed by atoms with Gasteiger partial charge in [0.2, 0.25) is 0 Å². The number of aromatic nitrogens is 2. The van der Waals surface area contributed by atoms with Crippen LogP contribution in [0.5, 0.6) is 0 Å². The second-order valence-electron chi connectivity index (χ2n) is 4.75. The highest BCUT2D eigenvalue weighted by Crippen LogP contribution is 2.21. The molecule has 1 amide bonds. The van der Waals surface area contributed by atoms with Crippen molar-refractivity contribution in [3.8, 4) is 0 Å². The molecule has 0 saturated carbocycles. The first-order valence-corrected chi connectivity index (χ1v) is 7.54. The molecule has 0 unspecified atom stereocenters. The molecule has 0 atom stereocenters. The number of carbonyl (C=O) groups is 2. The van der Waals surface area contributed by atoms with Gasteiger partial charge < -0.3 is 14.8 Å². The molecule has 1 aromatic rings. The van der Waals surface area contributed by atoms with Crippen molar-refractivity contribution >= 4 is 23.5 Å². The number of carbonyl (C=O) groups excluding carboxylic acids is 2. The summed E-state index contributed by atoms with van der Waals surface area (Å²) in [6.45, 7) is 4.78. The first-order chi connectivity index (χ1) is 10.5. The van der Waals surface area contributed by atoms with E-state index in [-0.39, 0.29) is 17.3 Å². The van der Waals surface area contributed by atoms with Crippen molar-refractivity contribution in [2.75, 3.05) is 26.9 Å². The Labute approximate surface area is 134 Å². The van der Waals surface area contributed by atoms with Crippen molar-refractivity contribution in [1.82, 2.24) is 15.1 Å². The van der Waals surface area contributed by atoms with Crippen LogP contribution in [0.1, 0.15) is 35.8 Å². The fourth-order valence-corrected chi connectivity index (χ4v) is 2.12. The monoisotopic (exact) mass is 331 g/mol. The lowest BCUT2D eigenvalue weighted by atomic mass is 10.3. The molecule has 0 aliphatic heterocycles. The van der Waals surface area contributed by atoms with Crippen LogP contribution in [0, 0.1) is 6.92 Å². The van der Waals surface area contributed by atoms with Gasteiger partial charge >= 0.3 is 5.97 Å². The standard InChI is InChI=1S/C14H22ClN3O4/c1-4-5-7-18-13(15)12(10(2)17-18)14(20)22-9-11(19)16-6-8-21-3/h4-9H2,1-3H3,(H,16,19). The van der Waals surface area contributed by atoms with Gasteiger partial charge in [-0.25, -0.2) is 4.79 Å². The fraction of sp³-hybridized carbons (Fsp3) is 0.643. The quantitative estimate of drug-likeness (QED) is 0.548. The number of methoxy groups -OCH3 is 1. The van der Waals surface area contributed by atoms with E-state index in [0.29, 0.717) is 25.4 Å². The van der Waals surface area contributed by atoms with Crippen LogP contribution < -0.4 is 5.32 Å². The third-order valence-corrected chi connectivity index (χ3v) is 3.34. The first kappa shape index (κ1) is 18.4. The van der Waals surface area contributed by atoms with Gasteiger partial charge in [-0.3, -0.25) is 9.48 Å². The van der Waals surface area contributed by atoms with Crippen LogP contribution in [-0.4, -0.2) is 48.5 Å². The first-order valence-electron chi connectivity index (χ1n) is 7.16. The summed E-state index contributed by atoms with van der Waals surface area (Å²) in [5, 5.41) is 7.03. The minimum Gasteiger partial charge on any atom is -0.452 e. The molecule has 0 radical (unpaired) electrons. The number of nitrogens with one attached hydrogen (secondary N) is 1. The molecule has 0 spiro atoms.